The van der Waals surface area contributed by atoms with Crippen LogP contribution in [0.15, 0.2) is 41.6 Å². The van der Waals surface area contributed by atoms with E-state index >= 15 is 0 Å². The Labute approximate surface area is 106 Å². The number of thioether (sulfide) groups is 1. The van der Waals surface area contributed by atoms with Crippen molar-refractivity contribution in [3.63, 3.8) is 0 Å². The summed E-state index contributed by atoms with van der Waals surface area (Å²) in [6.45, 7) is 0. The standard InChI is InChI=1S/C11H7ClF2N2S/c12-10-9(15-5-6-16-10)7-1-3-8(4-2-7)17-11(13)14/h1-6,11H. The normalized spacial score (nSPS) is 10.8. The fourth-order valence-corrected chi connectivity index (χ4v) is 2.02. The average molecular weight is 273 g/mol. The van der Waals surface area contributed by atoms with Gasteiger partial charge in [-0.1, -0.05) is 35.5 Å². The van der Waals surface area contributed by atoms with Crippen LogP contribution in [-0.2, 0) is 0 Å². The van der Waals surface area contributed by atoms with Gasteiger partial charge in [-0.25, -0.2) is 4.98 Å². The fraction of sp³-hybridized carbons (Fsp3) is 0.0909. The first-order valence-corrected chi connectivity index (χ1v) is 5.94. The Bertz CT molecular complexity index is 505. The van der Waals surface area contributed by atoms with Gasteiger partial charge in [-0.3, -0.25) is 4.98 Å². The molecule has 0 unspecified atom stereocenters. The largest absolute Gasteiger partial charge is 0.288 e. The molecule has 0 saturated carbocycles. The third kappa shape index (κ3) is 3.14. The van der Waals surface area contributed by atoms with Gasteiger partial charge in [-0.2, -0.15) is 8.78 Å². The molecule has 0 aliphatic heterocycles. The minimum absolute atomic E-state index is 0.293. The summed E-state index contributed by atoms with van der Waals surface area (Å²) in [5.41, 5.74) is 1.30. The van der Waals surface area contributed by atoms with E-state index in [0.717, 1.165) is 5.56 Å². The molecule has 2 aromatic rings. The molecule has 0 bridgehead atoms. The Morgan fingerprint density at radius 2 is 1.71 bits per heavy atom. The van der Waals surface area contributed by atoms with Crippen molar-refractivity contribution in [2.75, 3.05) is 0 Å². The van der Waals surface area contributed by atoms with Crippen molar-refractivity contribution in [3.8, 4) is 11.3 Å². The number of halogens is 3. The van der Waals surface area contributed by atoms with Gasteiger partial charge in [0.1, 0.15) is 5.69 Å². The average Bonchev–Trinajstić information content (AvgIpc) is 2.30. The van der Waals surface area contributed by atoms with Crippen LogP contribution >= 0.6 is 23.4 Å². The van der Waals surface area contributed by atoms with Crippen LogP contribution in [0.2, 0.25) is 5.15 Å². The van der Waals surface area contributed by atoms with Gasteiger partial charge in [0.25, 0.3) is 5.76 Å². The van der Waals surface area contributed by atoms with Crippen LogP contribution in [-0.4, -0.2) is 15.7 Å². The molecular weight excluding hydrogens is 266 g/mol. The van der Waals surface area contributed by atoms with Crippen molar-refractivity contribution in [2.24, 2.45) is 0 Å². The second kappa shape index (κ2) is 5.42. The minimum Gasteiger partial charge on any atom is -0.251 e. The molecule has 0 atom stereocenters. The number of aromatic nitrogens is 2. The summed E-state index contributed by atoms with van der Waals surface area (Å²) in [7, 11) is 0. The lowest BCUT2D eigenvalue weighted by Gasteiger charge is -2.04. The summed E-state index contributed by atoms with van der Waals surface area (Å²) < 4.78 is 24.3. The highest BCUT2D eigenvalue weighted by molar-refractivity contribution is 7.99. The molecule has 2 nitrogen and oxygen atoms in total. The molecule has 17 heavy (non-hydrogen) atoms. The Hall–Kier alpha value is -1.20. The molecule has 1 aromatic carbocycles. The predicted octanol–water partition coefficient (Wildman–Crippen LogP) is 4.11. The molecule has 0 N–H and O–H groups in total. The Balaban J connectivity index is 2.27. The zero-order valence-corrected chi connectivity index (χ0v) is 10.1. The summed E-state index contributed by atoms with van der Waals surface area (Å²) in [5, 5.41) is 0.293. The van der Waals surface area contributed by atoms with Crippen molar-refractivity contribution in [1.82, 2.24) is 9.97 Å². The van der Waals surface area contributed by atoms with Gasteiger partial charge in [-0.15, -0.1) is 0 Å². The van der Waals surface area contributed by atoms with Crippen molar-refractivity contribution in [1.29, 1.82) is 0 Å². The Morgan fingerprint density at radius 1 is 1.06 bits per heavy atom. The lowest BCUT2D eigenvalue weighted by Crippen LogP contribution is -1.87. The molecule has 1 heterocycles. The van der Waals surface area contributed by atoms with Crippen molar-refractivity contribution in [3.05, 3.63) is 41.8 Å². The first-order chi connectivity index (χ1) is 8.16. The molecule has 0 saturated heterocycles. The highest BCUT2D eigenvalue weighted by Crippen LogP contribution is 2.29. The van der Waals surface area contributed by atoms with Gasteiger partial charge < -0.3 is 0 Å². The van der Waals surface area contributed by atoms with Gasteiger partial charge in [0.05, 0.1) is 0 Å². The highest BCUT2D eigenvalue weighted by atomic mass is 35.5. The summed E-state index contributed by atoms with van der Waals surface area (Å²) in [4.78, 5) is 8.50. The van der Waals surface area contributed by atoms with E-state index in [1.165, 1.54) is 12.4 Å². The van der Waals surface area contributed by atoms with Gasteiger partial charge >= 0.3 is 0 Å². The minimum atomic E-state index is -2.42. The smallest absolute Gasteiger partial charge is 0.251 e. The molecule has 0 aliphatic carbocycles. The van der Waals surface area contributed by atoms with Crippen LogP contribution in [0.4, 0.5) is 8.78 Å². The van der Waals surface area contributed by atoms with E-state index in [-0.39, 0.29) is 0 Å². The van der Waals surface area contributed by atoms with Gasteiger partial charge in [-0.05, 0) is 12.1 Å². The Morgan fingerprint density at radius 3 is 2.29 bits per heavy atom. The monoisotopic (exact) mass is 272 g/mol. The van der Waals surface area contributed by atoms with Crippen molar-refractivity contribution in [2.45, 2.75) is 10.7 Å². The summed E-state index contributed by atoms with van der Waals surface area (Å²) in [6, 6.07) is 6.61. The first kappa shape index (κ1) is 12.3. The lowest BCUT2D eigenvalue weighted by molar-refractivity contribution is 0.252. The number of nitrogens with zero attached hydrogens (tertiary/aromatic N) is 2. The predicted molar refractivity (Wildman–Crippen MR) is 64.3 cm³/mol. The Kier molecular flexibility index (Phi) is 3.91. The van der Waals surface area contributed by atoms with Crippen LogP contribution in [0.25, 0.3) is 11.3 Å². The number of benzene rings is 1. The van der Waals surface area contributed by atoms with E-state index in [0.29, 0.717) is 27.5 Å². The zero-order chi connectivity index (χ0) is 12.3. The summed E-state index contributed by atoms with van der Waals surface area (Å²) in [6.07, 6.45) is 3.02. The maximum atomic E-state index is 12.1. The second-order valence-electron chi connectivity index (χ2n) is 3.10. The third-order valence-electron chi connectivity index (χ3n) is 2.01. The maximum Gasteiger partial charge on any atom is 0.288 e. The molecular formula is C11H7ClF2N2S. The first-order valence-electron chi connectivity index (χ1n) is 4.68. The molecule has 1 aromatic heterocycles. The van der Waals surface area contributed by atoms with Crippen LogP contribution < -0.4 is 0 Å². The second-order valence-corrected chi connectivity index (χ2v) is 4.52. The molecule has 2 rings (SSSR count). The molecule has 0 radical (unpaired) electrons. The molecule has 88 valence electrons. The van der Waals surface area contributed by atoms with E-state index in [1.54, 1.807) is 24.3 Å². The van der Waals surface area contributed by atoms with Gasteiger partial charge in [0.2, 0.25) is 0 Å². The summed E-state index contributed by atoms with van der Waals surface area (Å²) >= 11 is 6.39. The third-order valence-corrected chi connectivity index (χ3v) is 3.01. The molecule has 0 fully saturated rings. The quantitative estimate of drug-likeness (QED) is 0.787. The molecule has 0 aliphatic rings. The van der Waals surface area contributed by atoms with E-state index in [9.17, 15) is 8.78 Å². The highest BCUT2D eigenvalue weighted by Gasteiger charge is 2.08. The molecule has 0 amide bonds. The number of hydrogen-bond acceptors (Lipinski definition) is 3. The fourth-order valence-electron chi connectivity index (χ4n) is 1.31. The van der Waals surface area contributed by atoms with Crippen LogP contribution in [0.5, 0.6) is 0 Å². The topological polar surface area (TPSA) is 25.8 Å². The number of hydrogen-bond donors (Lipinski definition) is 0. The number of alkyl halides is 2. The van der Waals surface area contributed by atoms with Gasteiger partial charge in [0, 0.05) is 22.9 Å². The van der Waals surface area contributed by atoms with Crippen LogP contribution in [0.3, 0.4) is 0 Å². The molecule has 0 spiro atoms. The van der Waals surface area contributed by atoms with Gasteiger partial charge in [0.15, 0.2) is 5.15 Å². The maximum absolute atomic E-state index is 12.1. The number of rotatable bonds is 3. The van der Waals surface area contributed by atoms with Crippen molar-refractivity contribution < 1.29 is 8.78 Å². The zero-order valence-electron chi connectivity index (χ0n) is 8.48. The summed E-state index contributed by atoms with van der Waals surface area (Å²) in [5.74, 6) is -2.42. The van der Waals surface area contributed by atoms with Crippen LogP contribution in [0.1, 0.15) is 0 Å². The van der Waals surface area contributed by atoms with E-state index in [4.69, 9.17) is 11.6 Å². The van der Waals surface area contributed by atoms with E-state index < -0.39 is 5.76 Å². The SMILES string of the molecule is FC(F)Sc1ccc(-c2nccnc2Cl)cc1. The van der Waals surface area contributed by atoms with E-state index in [1.807, 2.05) is 0 Å². The molecule has 6 heteroatoms. The van der Waals surface area contributed by atoms with Crippen molar-refractivity contribution >= 4 is 23.4 Å². The van der Waals surface area contributed by atoms with E-state index in [2.05, 4.69) is 9.97 Å². The lowest BCUT2D eigenvalue weighted by atomic mass is 10.2. The van der Waals surface area contributed by atoms with Crippen LogP contribution in [0, 0.1) is 0 Å².